The molecule has 0 aromatic carbocycles. The van der Waals surface area contributed by atoms with Gasteiger partial charge in [-0.1, -0.05) is 0 Å². The van der Waals surface area contributed by atoms with Crippen molar-refractivity contribution in [2.75, 3.05) is 33.7 Å². The fraction of sp³-hybridized carbons (Fsp3) is 0.615. The zero-order chi connectivity index (χ0) is 12.4. The summed E-state index contributed by atoms with van der Waals surface area (Å²) in [5.74, 6) is 0.279. The Hall–Kier alpha value is -0.710. The molecule has 1 aromatic heterocycles. The molecule has 0 N–H and O–H groups in total. The van der Waals surface area contributed by atoms with Gasteiger partial charge in [0.15, 0.2) is 5.78 Å². The third-order valence-corrected chi connectivity index (χ3v) is 4.32. The molecule has 0 saturated carbocycles. The predicted molar refractivity (Wildman–Crippen MR) is 71.9 cm³/mol. The number of Topliss-reactive ketones (excluding diaryl/α,β-unsaturated/α-hetero) is 1. The molecule has 1 aliphatic rings. The number of nitrogens with zero attached hydrogens (tertiary/aromatic N) is 2. The number of thiophene rings is 1. The fourth-order valence-electron chi connectivity index (χ4n) is 2.24. The highest BCUT2D eigenvalue weighted by atomic mass is 32.1. The van der Waals surface area contributed by atoms with E-state index in [0.717, 1.165) is 25.2 Å². The van der Waals surface area contributed by atoms with Gasteiger partial charge in [-0.15, -0.1) is 11.3 Å². The van der Waals surface area contributed by atoms with Crippen LogP contribution in [0, 0.1) is 6.92 Å². The highest BCUT2D eigenvalue weighted by molar-refractivity contribution is 7.10. The predicted octanol–water partition coefficient (Wildman–Crippen LogP) is 1.88. The molecule has 1 fully saturated rings. The molecule has 17 heavy (non-hydrogen) atoms. The van der Waals surface area contributed by atoms with Gasteiger partial charge >= 0.3 is 0 Å². The third-order valence-electron chi connectivity index (χ3n) is 3.45. The highest BCUT2D eigenvalue weighted by Gasteiger charge is 2.25. The summed E-state index contributed by atoms with van der Waals surface area (Å²) in [5, 5.41) is 1.98. The lowest BCUT2D eigenvalue weighted by atomic mass is 10.0. The second-order valence-electron chi connectivity index (χ2n) is 4.97. The minimum absolute atomic E-state index is 0.279. The van der Waals surface area contributed by atoms with Crippen LogP contribution in [0.5, 0.6) is 0 Å². The maximum atomic E-state index is 12.1. The first-order chi connectivity index (χ1) is 8.06. The number of carbonyl (C=O) groups is 1. The van der Waals surface area contributed by atoms with E-state index in [0.29, 0.717) is 12.5 Å². The van der Waals surface area contributed by atoms with Gasteiger partial charge in [0.05, 0.1) is 0 Å². The molecule has 0 bridgehead atoms. The molecule has 1 unspecified atom stereocenters. The van der Waals surface area contributed by atoms with Gasteiger partial charge in [-0.05, 0) is 27.1 Å². The topological polar surface area (TPSA) is 23.6 Å². The number of ketones is 1. The number of hydrogen-bond donors (Lipinski definition) is 0. The lowest BCUT2D eigenvalue weighted by Gasteiger charge is -2.37. The average Bonchev–Trinajstić information content (AvgIpc) is 2.70. The van der Waals surface area contributed by atoms with Crippen LogP contribution in [0.2, 0.25) is 0 Å². The maximum Gasteiger partial charge on any atom is 0.165 e. The number of rotatable bonds is 3. The minimum atomic E-state index is 0.279. The number of aryl methyl sites for hydroxylation is 1. The first kappa shape index (κ1) is 12.7. The summed E-state index contributed by atoms with van der Waals surface area (Å²) in [6, 6.07) is 2.36. The summed E-state index contributed by atoms with van der Waals surface area (Å²) in [4.78, 5) is 18.0. The molecule has 1 aliphatic heterocycles. The lowest BCUT2D eigenvalue weighted by molar-refractivity contribution is 0.0810. The minimum Gasteiger partial charge on any atom is -0.304 e. The molecule has 0 aliphatic carbocycles. The van der Waals surface area contributed by atoms with Crippen molar-refractivity contribution in [2.45, 2.75) is 19.4 Å². The van der Waals surface area contributed by atoms with E-state index in [4.69, 9.17) is 0 Å². The molecule has 1 aromatic rings. The van der Waals surface area contributed by atoms with Crippen molar-refractivity contribution in [3.05, 3.63) is 21.9 Å². The Labute approximate surface area is 107 Å². The van der Waals surface area contributed by atoms with Crippen LogP contribution in [0.4, 0.5) is 0 Å². The van der Waals surface area contributed by atoms with Gasteiger partial charge in [-0.3, -0.25) is 4.79 Å². The fourth-order valence-corrected chi connectivity index (χ4v) is 2.95. The normalized spacial score (nSPS) is 22.9. The van der Waals surface area contributed by atoms with Crippen molar-refractivity contribution in [3.63, 3.8) is 0 Å². The Kier molecular flexibility index (Phi) is 3.97. The molecule has 2 rings (SSSR count). The van der Waals surface area contributed by atoms with E-state index < -0.39 is 0 Å². The van der Waals surface area contributed by atoms with Crippen molar-refractivity contribution in [3.8, 4) is 0 Å². The zero-order valence-electron chi connectivity index (χ0n) is 10.8. The molecule has 94 valence electrons. The molecule has 3 nitrogen and oxygen atoms in total. The van der Waals surface area contributed by atoms with Crippen molar-refractivity contribution >= 4 is 17.1 Å². The molecule has 0 radical (unpaired) electrons. The van der Waals surface area contributed by atoms with E-state index in [1.165, 1.54) is 4.88 Å². The van der Waals surface area contributed by atoms with E-state index in [-0.39, 0.29) is 5.78 Å². The van der Waals surface area contributed by atoms with E-state index in [9.17, 15) is 4.79 Å². The molecule has 4 heteroatoms. The standard InChI is InChI=1S/C13H20N2OS/c1-10-6-11(9-17-10)13(16)7-12-8-14(2)4-5-15(12)3/h6,9,12H,4-5,7-8H2,1-3H3. The lowest BCUT2D eigenvalue weighted by Crippen LogP contribution is -2.50. The van der Waals surface area contributed by atoms with Crippen LogP contribution < -0.4 is 0 Å². The number of piperazine rings is 1. The first-order valence-electron chi connectivity index (χ1n) is 6.03. The van der Waals surface area contributed by atoms with Gasteiger partial charge in [-0.2, -0.15) is 0 Å². The SMILES string of the molecule is Cc1cc(C(=O)CC2CN(C)CCN2C)cs1. The summed E-state index contributed by atoms with van der Waals surface area (Å²) >= 11 is 1.65. The molecule has 0 spiro atoms. The Balaban J connectivity index is 1.98. The average molecular weight is 252 g/mol. The maximum absolute atomic E-state index is 12.1. The smallest absolute Gasteiger partial charge is 0.165 e. The second-order valence-corrected chi connectivity index (χ2v) is 6.09. The zero-order valence-corrected chi connectivity index (χ0v) is 11.6. The first-order valence-corrected chi connectivity index (χ1v) is 6.91. The van der Waals surface area contributed by atoms with Crippen LogP contribution in [0.1, 0.15) is 21.7 Å². The number of hydrogen-bond acceptors (Lipinski definition) is 4. The van der Waals surface area contributed by atoms with Gasteiger partial charge < -0.3 is 9.80 Å². The quantitative estimate of drug-likeness (QED) is 0.767. The van der Waals surface area contributed by atoms with Gasteiger partial charge in [0.1, 0.15) is 0 Å². The van der Waals surface area contributed by atoms with Crippen molar-refractivity contribution in [1.29, 1.82) is 0 Å². The number of likely N-dealkylation sites (N-methyl/N-ethyl adjacent to an activating group) is 2. The largest absolute Gasteiger partial charge is 0.304 e. The van der Waals surface area contributed by atoms with Crippen molar-refractivity contribution in [1.82, 2.24) is 9.80 Å². The van der Waals surface area contributed by atoms with Gasteiger partial charge in [0.2, 0.25) is 0 Å². The van der Waals surface area contributed by atoms with Crippen LogP contribution in [0.3, 0.4) is 0 Å². The summed E-state index contributed by atoms with van der Waals surface area (Å²) in [7, 11) is 4.24. The van der Waals surface area contributed by atoms with E-state index in [1.54, 1.807) is 11.3 Å². The van der Waals surface area contributed by atoms with Crippen LogP contribution in [0.15, 0.2) is 11.4 Å². The molecule has 2 heterocycles. The summed E-state index contributed by atoms with van der Waals surface area (Å²) < 4.78 is 0. The molecule has 1 saturated heterocycles. The Morgan fingerprint density at radius 1 is 1.47 bits per heavy atom. The molecule has 1 atom stereocenters. The van der Waals surface area contributed by atoms with Crippen molar-refractivity contribution < 1.29 is 4.79 Å². The van der Waals surface area contributed by atoms with E-state index >= 15 is 0 Å². The molecule has 0 amide bonds. The Morgan fingerprint density at radius 2 is 2.24 bits per heavy atom. The molecular formula is C13H20N2OS. The van der Waals surface area contributed by atoms with Crippen LogP contribution >= 0.6 is 11.3 Å². The van der Waals surface area contributed by atoms with Crippen LogP contribution in [0.25, 0.3) is 0 Å². The summed E-state index contributed by atoms with van der Waals surface area (Å²) in [6.07, 6.45) is 0.636. The number of carbonyl (C=O) groups excluding carboxylic acids is 1. The van der Waals surface area contributed by atoms with Crippen LogP contribution in [-0.2, 0) is 0 Å². The summed E-state index contributed by atoms with van der Waals surface area (Å²) in [6.45, 7) is 5.18. The third kappa shape index (κ3) is 3.15. The van der Waals surface area contributed by atoms with Gasteiger partial charge in [-0.25, -0.2) is 0 Å². The van der Waals surface area contributed by atoms with Gasteiger partial charge in [0, 0.05) is 47.9 Å². The van der Waals surface area contributed by atoms with E-state index in [1.807, 2.05) is 18.4 Å². The monoisotopic (exact) mass is 252 g/mol. The Bertz CT molecular complexity index is 402. The Morgan fingerprint density at radius 3 is 2.88 bits per heavy atom. The molecular weight excluding hydrogens is 232 g/mol. The summed E-state index contributed by atoms with van der Waals surface area (Å²) in [5.41, 5.74) is 0.883. The van der Waals surface area contributed by atoms with Crippen molar-refractivity contribution in [2.24, 2.45) is 0 Å². The second kappa shape index (κ2) is 5.29. The van der Waals surface area contributed by atoms with Crippen LogP contribution in [-0.4, -0.2) is 55.4 Å². The highest BCUT2D eigenvalue weighted by Crippen LogP contribution is 2.18. The van der Waals surface area contributed by atoms with Gasteiger partial charge in [0.25, 0.3) is 0 Å². The van der Waals surface area contributed by atoms with E-state index in [2.05, 4.69) is 23.9 Å².